The van der Waals surface area contributed by atoms with E-state index in [1.165, 1.54) is 0 Å². The molecule has 27 heavy (non-hydrogen) atoms. The summed E-state index contributed by atoms with van der Waals surface area (Å²) in [4.78, 5) is 16.7. The standard InChI is InChI=1S/C19H19Cl4N3O/c20-13-2-1-12(16(22)10-13)9-18(24)19(27)26-7-5-25(6-8-26)14-3-4-15(21)17(23)11-14/h1-4,10-11,18H,5-9,24H2. The molecule has 4 nitrogen and oxygen atoms in total. The van der Waals surface area contributed by atoms with Crippen LogP contribution < -0.4 is 10.6 Å². The Hall–Kier alpha value is -1.17. The number of benzene rings is 2. The van der Waals surface area contributed by atoms with E-state index >= 15 is 0 Å². The lowest BCUT2D eigenvalue weighted by molar-refractivity contribution is -0.132. The van der Waals surface area contributed by atoms with Crippen molar-refractivity contribution in [1.29, 1.82) is 0 Å². The topological polar surface area (TPSA) is 49.6 Å². The van der Waals surface area contributed by atoms with E-state index in [1.54, 1.807) is 29.2 Å². The smallest absolute Gasteiger partial charge is 0.239 e. The number of halogens is 4. The number of rotatable bonds is 4. The van der Waals surface area contributed by atoms with Crippen molar-refractivity contribution in [2.75, 3.05) is 31.1 Å². The summed E-state index contributed by atoms with van der Waals surface area (Å²) in [6, 6.07) is 10.1. The molecule has 1 aliphatic rings. The summed E-state index contributed by atoms with van der Waals surface area (Å²) in [5.41, 5.74) is 7.95. The second kappa shape index (κ2) is 8.89. The zero-order valence-electron chi connectivity index (χ0n) is 14.5. The highest BCUT2D eigenvalue weighted by Crippen LogP contribution is 2.28. The molecular formula is C19H19Cl4N3O. The quantitative estimate of drug-likeness (QED) is 0.750. The number of carbonyl (C=O) groups is 1. The number of amides is 1. The van der Waals surface area contributed by atoms with Crippen LogP contribution in [0.5, 0.6) is 0 Å². The van der Waals surface area contributed by atoms with Crippen LogP contribution in [0, 0.1) is 0 Å². The predicted octanol–water partition coefficient (Wildman–Crippen LogP) is 4.52. The van der Waals surface area contributed by atoms with Gasteiger partial charge in [-0.15, -0.1) is 0 Å². The first-order valence-electron chi connectivity index (χ1n) is 8.53. The first-order valence-corrected chi connectivity index (χ1v) is 10.0. The third-order valence-electron chi connectivity index (χ3n) is 4.63. The SMILES string of the molecule is NC(Cc1ccc(Cl)cc1Cl)C(=O)N1CCN(c2ccc(Cl)c(Cl)c2)CC1. The number of piperazine rings is 1. The lowest BCUT2D eigenvalue weighted by Gasteiger charge is -2.37. The van der Waals surface area contributed by atoms with Crippen molar-refractivity contribution in [3.63, 3.8) is 0 Å². The fourth-order valence-electron chi connectivity index (χ4n) is 3.11. The highest BCUT2D eigenvalue weighted by atomic mass is 35.5. The van der Waals surface area contributed by atoms with Crippen LogP contribution in [0.25, 0.3) is 0 Å². The fourth-order valence-corrected chi connectivity index (χ4v) is 3.89. The Labute approximate surface area is 178 Å². The molecule has 2 N–H and O–H groups in total. The molecule has 144 valence electrons. The van der Waals surface area contributed by atoms with Crippen molar-refractivity contribution >= 4 is 58.0 Å². The van der Waals surface area contributed by atoms with E-state index in [1.807, 2.05) is 12.1 Å². The lowest BCUT2D eigenvalue weighted by Crippen LogP contribution is -2.53. The average Bonchev–Trinajstić information content (AvgIpc) is 2.65. The third-order valence-corrected chi connectivity index (χ3v) is 5.96. The van der Waals surface area contributed by atoms with E-state index in [2.05, 4.69) is 4.90 Å². The fraction of sp³-hybridized carbons (Fsp3) is 0.316. The zero-order valence-corrected chi connectivity index (χ0v) is 17.5. The molecule has 1 saturated heterocycles. The molecule has 0 aliphatic carbocycles. The molecule has 1 aliphatic heterocycles. The minimum atomic E-state index is -0.639. The van der Waals surface area contributed by atoms with Gasteiger partial charge in [0.05, 0.1) is 16.1 Å². The predicted molar refractivity (Wildman–Crippen MR) is 113 cm³/mol. The van der Waals surface area contributed by atoms with E-state index in [9.17, 15) is 4.79 Å². The van der Waals surface area contributed by atoms with Crippen molar-refractivity contribution in [2.45, 2.75) is 12.5 Å². The maximum atomic E-state index is 12.7. The molecule has 1 atom stereocenters. The first kappa shape index (κ1) is 20.6. The molecule has 0 radical (unpaired) electrons. The highest BCUT2D eigenvalue weighted by molar-refractivity contribution is 6.42. The van der Waals surface area contributed by atoms with Gasteiger partial charge in [-0.05, 0) is 42.3 Å². The van der Waals surface area contributed by atoms with Gasteiger partial charge in [0.25, 0.3) is 0 Å². The molecule has 8 heteroatoms. The van der Waals surface area contributed by atoms with E-state index in [4.69, 9.17) is 52.1 Å². The number of hydrogen-bond donors (Lipinski definition) is 1. The molecule has 0 bridgehead atoms. The summed E-state index contributed by atoms with van der Waals surface area (Å²) < 4.78 is 0. The molecular weight excluding hydrogens is 428 g/mol. The van der Waals surface area contributed by atoms with Crippen molar-refractivity contribution in [3.05, 3.63) is 62.1 Å². The van der Waals surface area contributed by atoms with Crippen LogP contribution in [0.3, 0.4) is 0 Å². The number of nitrogens with zero attached hydrogens (tertiary/aromatic N) is 2. The van der Waals surface area contributed by atoms with Crippen LogP contribution in [0.4, 0.5) is 5.69 Å². The maximum Gasteiger partial charge on any atom is 0.239 e. The van der Waals surface area contributed by atoms with Gasteiger partial charge in [0.15, 0.2) is 0 Å². The van der Waals surface area contributed by atoms with Crippen LogP contribution in [0.1, 0.15) is 5.56 Å². The van der Waals surface area contributed by atoms with E-state index < -0.39 is 6.04 Å². The van der Waals surface area contributed by atoms with Gasteiger partial charge >= 0.3 is 0 Å². The Bertz CT molecular complexity index is 838. The van der Waals surface area contributed by atoms with Crippen molar-refractivity contribution < 1.29 is 4.79 Å². The summed E-state index contributed by atoms with van der Waals surface area (Å²) in [5, 5.41) is 2.13. The lowest BCUT2D eigenvalue weighted by atomic mass is 10.0. The molecule has 1 heterocycles. The monoisotopic (exact) mass is 445 g/mol. The summed E-state index contributed by atoms with van der Waals surface area (Å²) in [7, 11) is 0. The Balaban J connectivity index is 1.58. The molecule has 1 unspecified atom stereocenters. The molecule has 2 aromatic rings. The van der Waals surface area contributed by atoms with Gasteiger partial charge in [0.1, 0.15) is 0 Å². The Morgan fingerprint density at radius 2 is 1.63 bits per heavy atom. The average molecular weight is 447 g/mol. The van der Waals surface area contributed by atoms with E-state index in [-0.39, 0.29) is 5.91 Å². The summed E-state index contributed by atoms with van der Waals surface area (Å²) >= 11 is 24.2. The van der Waals surface area contributed by atoms with Gasteiger partial charge in [-0.2, -0.15) is 0 Å². The molecule has 0 spiro atoms. The van der Waals surface area contributed by atoms with Crippen LogP contribution in [-0.4, -0.2) is 43.0 Å². The molecule has 1 amide bonds. The van der Waals surface area contributed by atoms with Gasteiger partial charge in [0.2, 0.25) is 5.91 Å². The summed E-state index contributed by atoms with van der Waals surface area (Å²) in [5.74, 6) is -0.0743. The van der Waals surface area contributed by atoms with Crippen molar-refractivity contribution in [2.24, 2.45) is 5.73 Å². The van der Waals surface area contributed by atoms with Crippen LogP contribution in [0.15, 0.2) is 36.4 Å². The van der Waals surface area contributed by atoms with E-state index in [0.717, 1.165) is 11.3 Å². The number of hydrogen-bond acceptors (Lipinski definition) is 3. The first-order chi connectivity index (χ1) is 12.8. The van der Waals surface area contributed by atoms with Crippen molar-refractivity contribution in [1.82, 2.24) is 4.90 Å². The molecule has 2 aromatic carbocycles. The summed E-state index contributed by atoms with van der Waals surface area (Å²) in [6.45, 7) is 2.61. The molecule has 0 aromatic heterocycles. The zero-order chi connectivity index (χ0) is 19.6. The maximum absolute atomic E-state index is 12.7. The third kappa shape index (κ3) is 5.01. The molecule has 3 rings (SSSR count). The van der Waals surface area contributed by atoms with Gasteiger partial charge < -0.3 is 15.5 Å². The Morgan fingerprint density at radius 1 is 0.926 bits per heavy atom. The summed E-state index contributed by atoms with van der Waals surface area (Å²) in [6.07, 6.45) is 0.377. The molecule has 1 fully saturated rings. The highest BCUT2D eigenvalue weighted by Gasteiger charge is 2.26. The second-order valence-electron chi connectivity index (χ2n) is 6.46. The number of nitrogens with two attached hydrogens (primary N) is 1. The Morgan fingerprint density at radius 3 is 2.26 bits per heavy atom. The minimum Gasteiger partial charge on any atom is -0.368 e. The second-order valence-corrected chi connectivity index (χ2v) is 8.12. The molecule has 0 saturated carbocycles. The van der Waals surface area contributed by atoms with Gasteiger partial charge in [-0.3, -0.25) is 4.79 Å². The number of anilines is 1. The van der Waals surface area contributed by atoms with Gasteiger partial charge in [-0.1, -0.05) is 52.5 Å². The Kier molecular flexibility index (Phi) is 6.77. The number of carbonyl (C=O) groups excluding carboxylic acids is 1. The largest absolute Gasteiger partial charge is 0.368 e. The van der Waals surface area contributed by atoms with Gasteiger partial charge in [0, 0.05) is 41.9 Å². The van der Waals surface area contributed by atoms with Gasteiger partial charge in [-0.25, -0.2) is 0 Å². The minimum absolute atomic E-state index is 0.0743. The normalized spacial score (nSPS) is 15.7. The van der Waals surface area contributed by atoms with Crippen LogP contribution in [0.2, 0.25) is 20.1 Å². The van der Waals surface area contributed by atoms with Crippen LogP contribution >= 0.6 is 46.4 Å². The van der Waals surface area contributed by atoms with E-state index in [0.29, 0.717) is 52.7 Å². The van der Waals surface area contributed by atoms with Crippen molar-refractivity contribution in [3.8, 4) is 0 Å². The van der Waals surface area contributed by atoms with Crippen LogP contribution in [-0.2, 0) is 11.2 Å².